The molecule has 0 radical (unpaired) electrons. The van der Waals surface area contributed by atoms with Crippen molar-refractivity contribution in [3.05, 3.63) is 18.5 Å². The molecule has 0 aromatic carbocycles. The molecule has 7 heteroatoms. The number of urea groups is 1. The molecule has 0 aliphatic heterocycles. The Bertz CT molecular complexity index is 450. The monoisotopic (exact) mass is 264 g/mol. The number of carboxylic acids is 1. The van der Waals surface area contributed by atoms with Crippen molar-refractivity contribution in [2.75, 3.05) is 19.6 Å². The zero-order valence-electron chi connectivity index (χ0n) is 10.5. The van der Waals surface area contributed by atoms with E-state index in [-0.39, 0.29) is 6.54 Å². The van der Waals surface area contributed by atoms with E-state index in [0.717, 1.165) is 4.90 Å². The molecule has 0 bridgehead atoms. The predicted octanol–water partition coefficient (Wildman–Crippen LogP) is 0.00260. The third kappa shape index (κ3) is 5.59. The quantitative estimate of drug-likeness (QED) is 0.536. The zero-order chi connectivity index (χ0) is 14.1. The highest BCUT2D eigenvalue weighted by molar-refractivity contribution is 5.80. The average Bonchev–Trinajstić information content (AvgIpc) is 2.86. The second-order valence-corrected chi connectivity index (χ2v) is 3.81. The van der Waals surface area contributed by atoms with Gasteiger partial charge in [-0.3, -0.25) is 9.48 Å². The number of hydrogen-bond acceptors (Lipinski definition) is 3. The number of aryl methyl sites for hydroxylation is 1. The van der Waals surface area contributed by atoms with Crippen molar-refractivity contribution in [2.24, 2.45) is 0 Å². The summed E-state index contributed by atoms with van der Waals surface area (Å²) < 4.78 is 1.75. The van der Waals surface area contributed by atoms with Gasteiger partial charge in [-0.1, -0.05) is 5.92 Å². The SMILES string of the molecule is C#CCN(CC(=O)O)C(=O)NCCCn1cccn1. The van der Waals surface area contributed by atoms with E-state index in [1.807, 2.05) is 12.3 Å². The van der Waals surface area contributed by atoms with Crippen LogP contribution in [0.4, 0.5) is 4.79 Å². The Morgan fingerprint density at radius 1 is 1.53 bits per heavy atom. The maximum absolute atomic E-state index is 11.7. The van der Waals surface area contributed by atoms with Crippen molar-refractivity contribution in [1.82, 2.24) is 20.0 Å². The molecule has 2 amide bonds. The fourth-order valence-electron chi connectivity index (χ4n) is 1.45. The smallest absolute Gasteiger partial charge is 0.323 e. The largest absolute Gasteiger partial charge is 0.480 e. The van der Waals surface area contributed by atoms with Gasteiger partial charge in [0, 0.05) is 25.5 Å². The number of aromatic nitrogens is 2. The van der Waals surface area contributed by atoms with Crippen LogP contribution in [0, 0.1) is 12.3 Å². The molecule has 0 fully saturated rings. The van der Waals surface area contributed by atoms with Crippen molar-refractivity contribution in [3.8, 4) is 12.3 Å². The van der Waals surface area contributed by atoms with Gasteiger partial charge >= 0.3 is 12.0 Å². The third-order valence-electron chi connectivity index (χ3n) is 2.29. The first-order chi connectivity index (χ1) is 9.13. The molecule has 2 N–H and O–H groups in total. The summed E-state index contributed by atoms with van der Waals surface area (Å²) >= 11 is 0. The summed E-state index contributed by atoms with van der Waals surface area (Å²) in [6.45, 7) is 0.674. The number of terminal acetylenes is 1. The van der Waals surface area contributed by atoms with Gasteiger partial charge in [0.05, 0.1) is 6.54 Å². The van der Waals surface area contributed by atoms with E-state index in [9.17, 15) is 9.59 Å². The Hall–Kier alpha value is -2.49. The van der Waals surface area contributed by atoms with E-state index in [0.29, 0.717) is 19.5 Å². The summed E-state index contributed by atoms with van der Waals surface area (Å²) in [4.78, 5) is 23.3. The highest BCUT2D eigenvalue weighted by Gasteiger charge is 2.14. The van der Waals surface area contributed by atoms with Crippen LogP contribution in [-0.4, -0.2) is 51.4 Å². The van der Waals surface area contributed by atoms with Crippen molar-refractivity contribution < 1.29 is 14.7 Å². The Kier molecular flexibility index (Phi) is 5.95. The van der Waals surface area contributed by atoms with Crippen LogP contribution < -0.4 is 5.32 Å². The number of nitrogens with one attached hydrogen (secondary N) is 1. The average molecular weight is 264 g/mol. The summed E-state index contributed by atoms with van der Waals surface area (Å²) in [5.41, 5.74) is 0. The summed E-state index contributed by atoms with van der Waals surface area (Å²) in [5, 5.41) is 15.3. The number of carbonyl (C=O) groups is 2. The van der Waals surface area contributed by atoms with Gasteiger partial charge in [0.15, 0.2) is 0 Å². The lowest BCUT2D eigenvalue weighted by Gasteiger charge is -2.18. The molecule has 0 spiro atoms. The Morgan fingerprint density at radius 2 is 2.32 bits per heavy atom. The van der Waals surface area contributed by atoms with E-state index in [1.165, 1.54) is 0 Å². The standard InChI is InChI=1S/C12H16N4O3/c1-2-7-15(10-11(17)18)12(19)13-5-3-8-16-9-4-6-14-16/h1,4,6,9H,3,5,7-8,10H2,(H,13,19)(H,17,18). The molecule has 102 valence electrons. The van der Waals surface area contributed by atoms with Gasteiger partial charge in [0.1, 0.15) is 6.54 Å². The molecule has 0 atom stereocenters. The number of rotatable bonds is 7. The number of carbonyl (C=O) groups excluding carboxylic acids is 1. The minimum Gasteiger partial charge on any atom is -0.480 e. The first-order valence-corrected chi connectivity index (χ1v) is 5.79. The number of hydrogen-bond donors (Lipinski definition) is 2. The number of aliphatic carboxylic acids is 1. The molecule has 0 saturated carbocycles. The fourth-order valence-corrected chi connectivity index (χ4v) is 1.45. The second kappa shape index (κ2) is 7.76. The number of carboxylic acid groups (broad SMARTS) is 1. The second-order valence-electron chi connectivity index (χ2n) is 3.81. The molecule has 0 unspecified atom stereocenters. The molecule has 1 rings (SSSR count). The normalized spacial score (nSPS) is 9.63. The Morgan fingerprint density at radius 3 is 2.89 bits per heavy atom. The summed E-state index contributed by atoms with van der Waals surface area (Å²) in [6, 6.07) is 1.35. The van der Waals surface area contributed by atoms with Gasteiger partial charge < -0.3 is 15.3 Å². The third-order valence-corrected chi connectivity index (χ3v) is 2.29. The van der Waals surface area contributed by atoms with Crippen LogP contribution in [0.25, 0.3) is 0 Å². The highest BCUT2D eigenvalue weighted by atomic mass is 16.4. The van der Waals surface area contributed by atoms with Crippen molar-refractivity contribution in [1.29, 1.82) is 0 Å². The first kappa shape index (κ1) is 14.6. The number of nitrogens with zero attached hydrogens (tertiary/aromatic N) is 3. The van der Waals surface area contributed by atoms with Crippen LogP contribution in [0.15, 0.2) is 18.5 Å². The molecule has 7 nitrogen and oxygen atoms in total. The molecule has 1 aromatic heterocycles. The van der Waals surface area contributed by atoms with E-state index in [2.05, 4.69) is 16.3 Å². The van der Waals surface area contributed by atoms with Gasteiger partial charge in [-0.05, 0) is 12.5 Å². The van der Waals surface area contributed by atoms with E-state index >= 15 is 0 Å². The molecule has 19 heavy (non-hydrogen) atoms. The maximum atomic E-state index is 11.7. The summed E-state index contributed by atoms with van der Waals surface area (Å²) in [6.07, 6.45) is 9.30. The van der Waals surface area contributed by atoms with Crippen molar-refractivity contribution in [3.63, 3.8) is 0 Å². The zero-order valence-corrected chi connectivity index (χ0v) is 10.5. The van der Waals surface area contributed by atoms with Gasteiger partial charge in [0.25, 0.3) is 0 Å². The van der Waals surface area contributed by atoms with Crippen molar-refractivity contribution in [2.45, 2.75) is 13.0 Å². The molecule has 0 aliphatic carbocycles. The first-order valence-electron chi connectivity index (χ1n) is 5.79. The van der Waals surface area contributed by atoms with Gasteiger partial charge in [-0.2, -0.15) is 5.10 Å². The maximum Gasteiger partial charge on any atom is 0.323 e. The van der Waals surface area contributed by atoms with Crippen LogP contribution in [0.3, 0.4) is 0 Å². The Balaban J connectivity index is 2.27. The Labute approximate surface area is 111 Å². The van der Waals surface area contributed by atoms with Gasteiger partial charge in [0.2, 0.25) is 0 Å². The minimum atomic E-state index is -1.10. The summed E-state index contributed by atoms with van der Waals surface area (Å²) in [7, 11) is 0. The van der Waals surface area contributed by atoms with Crippen molar-refractivity contribution >= 4 is 12.0 Å². The number of amides is 2. The minimum absolute atomic E-state index is 0.0305. The lowest BCUT2D eigenvalue weighted by atomic mass is 10.4. The van der Waals surface area contributed by atoms with Crippen LogP contribution in [0.2, 0.25) is 0 Å². The van der Waals surface area contributed by atoms with Gasteiger partial charge in [-0.15, -0.1) is 6.42 Å². The van der Waals surface area contributed by atoms with Crippen LogP contribution in [-0.2, 0) is 11.3 Å². The van der Waals surface area contributed by atoms with Crippen LogP contribution in [0.1, 0.15) is 6.42 Å². The predicted molar refractivity (Wildman–Crippen MR) is 68.3 cm³/mol. The molecule has 1 heterocycles. The lowest BCUT2D eigenvalue weighted by molar-refractivity contribution is -0.137. The molecule has 0 aliphatic rings. The molecular formula is C12H16N4O3. The topological polar surface area (TPSA) is 87.5 Å². The van der Waals surface area contributed by atoms with E-state index < -0.39 is 18.5 Å². The van der Waals surface area contributed by atoms with Crippen LogP contribution in [0.5, 0.6) is 0 Å². The molecule has 0 saturated heterocycles. The highest BCUT2D eigenvalue weighted by Crippen LogP contribution is 1.91. The fraction of sp³-hybridized carbons (Fsp3) is 0.417. The van der Waals surface area contributed by atoms with E-state index in [1.54, 1.807) is 10.9 Å². The molecular weight excluding hydrogens is 248 g/mol. The summed E-state index contributed by atoms with van der Waals surface area (Å²) in [5.74, 6) is 1.16. The lowest BCUT2D eigenvalue weighted by Crippen LogP contribution is -2.43. The van der Waals surface area contributed by atoms with E-state index in [4.69, 9.17) is 11.5 Å². The molecule has 1 aromatic rings. The van der Waals surface area contributed by atoms with Gasteiger partial charge in [-0.25, -0.2) is 4.79 Å². The van der Waals surface area contributed by atoms with Crippen LogP contribution >= 0.6 is 0 Å².